The summed E-state index contributed by atoms with van der Waals surface area (Å²) in [5.41, 5.74) is -0.959. The van der Waals surface area contributed by atoms with Gasteiger partial charge in [-0.15, -0.1) is 0 Å². The maximum absolute atomic E-state index is 15.1. The lowest BCUT2D eigenvalue weighted by Crippen LogP contribution is -2.17. The zero-order valence-electron chi connectivity index (χ0n) is 20.5. The van der Waals surface area contributed by atoms with Gasteiger partial charge in [-0.05, 0) is 49.8 Å². The molecule has 5 rings (SSSR count). The van der Waals surface area contributed by atoms with Crippen LogP contribution < -0.4 is 4.74 Å². The number of carbonyl (C=O) groups is 1. The SMILES string of the molecule is CC(O)c1ccc(OC(=O)C2=CCC(c3ccc(-c4ccc(C5CO5)c(F)c4F)c(F)c3F)CC2)c(F)c1F. The van der Waals surface area contributed by atoms with Gasteiger partial charge in [-0.2, -0.15) is 4.39 Å². The van der Waals surface area contributed by atoms with Crippen LogP contribution in [0.1, 0.15) is 61.0 Å². The van der Waals surface area contributed by atoms with E-state index in [4.69, 9.17) is 9.47 Å². The smallest absolute Gasteiger partial charge is 0.339 e. The Hall–Kier alpha value is -3.63. The maximum atomic E-state index is 15.1. The van der Waals surface area contributed by atoms with Gasteiger partial charge in [0, 0.05) is 27.8 Å². The molecule has 1 saturated heterocycles. The number of hydrogen-bond donors (Lipinski definition) is 1. The van der Waals surface area contributed by atoms with Crippen molar-refractivity contribution in [3.05, 3.63) is 99.6 Å². The quantitative estimate of drug-likeness (QED) is 0.154. The second kappa shape index (κ2) is 10.5. The number of carbonyl (C=O) groups excluding carboxylic acids is 1. The fourth-order valence-corrected chi connectivity index (χ4v) is 4.75. The molecule has 0 aromatic heterocycles. The van der Waals surface area contributed by atoms with Crippen molar-refractivity contribution in [3.8, 4) is 16.9 Å². The van der Waals surface area contributed by atoms with E-state index >= 15 is 8.78 Å². The highest BCUT2D eigenvalue weighted by atomic mass is 19.2. The zero-order valence-corrected chi connectivity index (χ0v) is 20.5. The number of halogens is 6. The van der Waals surface area contributed by atoms with E-state index in [-0.39, 0.29) is 48.1 Å². The van der Waals surface area contributed by atoms with Gasteiger partial charge in [0.25, 0.3) is 0 Å². The molecule has 3 atom stereocenters. The summed E-state index contributed by atoms with van der Waals surface area (Å²) in [6, 6.07) is 7.08. The highest BCUT2D eigenvalue weighted by Crippen LogP contribution is 2.40. The number of esters is 1. The Labute approximate surface area is 219 Å². The molecule has 10 heteroatoms. The number of aliphatic hydroxyl groups excluding tert-OH is 1. The Morgan fingerprint density at radius 3 is 2.05 bits per heavy atom. The summed E-state index contributed by atoms with van der Waals surface area (Å²) in [5.74, 6) is -9.83. The van der Waals surface area contributed by atoms with Gasteiger partial charge >= 0.3 is 5.97 Å². The second-order valence-corrected chi connectivity index (χ2v) is 9.53. The lowest BCUT2D eigenvalue weighted by molar-refractivity contribution is -0.130. The topological polar surface area (TPSA) is 59.1 Å². The molecule has 0 bridgehead atoms. The minimum atomic E-state index is -1.42. The van der Waals surface area contributed by atoms with E-state index in [0.29, 0.717) is 0 Å². The first kappa shape index (κ1) is 27.0. The van der Waals surface area contributed by atoms with Crippen LogP contribution in [-0.2, 0) is 9.53 Å². The third kappa shape index (κ3) is 5.06. The standard InChI is InChI=1S/C29H22F6O4/c1-13(36)16-10-11-21(28(35)23(16)30)39-29(37)15-4-2-14(3-5-15)17-6-7-18(25(32)24(17)31)19-8-9-20(22-12-38-22)27(34)26(19)33/h4,6-11,13-14,22,36H,2-3,5,12H2,1H3. The Morgan fingerprint density at radius 1 is 0.872 bits per heavy atom. The first-order valence-electron chi connectivity index (χ1n) is 12.2. The number of epoxide rings is 1. The van der Waals surface area contributed by atoms with Crippen molar-refractivity contribution in [2.24, 2.45) is 0 Å². The number of rotatable bonds is 6. The first-order valence-corrected chi connectivity index (χ1v) is 12.2. The van der Waals surface area contributed by atoms with Gasteiger partial charge in [-0.3, -0.25) is 0 Å². The minimum Gasteiger partial charge on any atom is -0.420 e. The van der Waals surface area contributed by atoms with E-state index in [2.05, 4.69) is 0 Å². The Balaban J connectivity index is 1.32. The van der Waals surface area contributed by atoms with E-state index in [1.807, 2.05) is 0 Å². The molecule has 1 aliphatic carbocycles. The van der Waals surface area contributed by atoms with Gasteiger partial charge in [0.1, 0.15) is 6.10 Å². The fourth-order valence-electron chi connectivity index (χ4n) is 4.75. The molecule has 2 aliphatic rings. The molecule has 204 valence electrons. The van der Waals surface area contributed by atoms with Crippen LogP contribution in [0.25, 0.3) is 11.1 Å². The predicted molar refractivity (Wildman–Crippen MR) is 128 cm³/mol. The second-order valence-electron chi connectivity index (χ2n) is 9.53. The van der Waals surface area contributed by atoms with E-state index in [1.54, 1.807) is 0 Å². The van der Waals surface area contributed by atoms with Gasteiger partial charge in [-0.25, -0.2) is 26.7 Å². The van der Waals surface area contributed by atoms with Crippen LogP contribution in [0.4, 0.5) is 26.3 Å². The lowest BCUT2D eigenvalue weighted by atomic mass is 9.83. The van der Waals surface area contributed by atoms with Gasteiger partial charge < -0.3 is 14.6 Å². The number of ether oxygens (including phenoxy) is 2. The molecular weight excluding hydrogens is 526 g/mol. The molecule has 3 aromatic carbocycles. The molecule has 0 amide bonds. The maximum Gasteiger partial charge on any atom is 0.339 e. The van der Waals surface area contributed by atoms with Crippen LogP contribution in [0.2, 0.25) is 0 Å². The lowest BCUT2D eigenvalue weighted by Gasteiger charge is -2.23. The summed E-state index contributed by atoms with van der Waals surface area (Å²) in [6.45, 7) is 1.52. The van der Waals surface area contributed by atoms with Gasteiger partial charge in [0.2, 0.25) is 5.82 Å². The molecule has 4 nitrogen and oxygen atoms in total. The summed E-state index contributed by atoms with van der Waals surface area (Å²) < 4.78 is 97.5. The van der Waals surface area contributed by atoms with Crippen molar-refractivity contribution < 1.29 is 45.7 Å². The highest BCUT2D eigenvalue weighted by Gasteiger charge is 2.32. The molecule has 3 unspecified atom stereocenters. The number of aliphatic hydroxyl groups is 1. The van der Waals surface area contributed by atoms with Crippen LogP contribution in [0.5, 0.6) is 5.75 Å². The first-order chi connectivity index (χ1) is 18.6. The largest absolute Gasteiger partial charge is 0.420 e. The molecule has 1 N–H and O–H groups in total. The van der Waals surface area contributed by atoms with Crippen molar-refractivity contribution in [2.75, 3.05) is 6.61 Å². The van der Waals surface area contributed by atoms with Crippen LogP contribution in [0.15, 0.2) is 48.0 Å². The summed E-state index contributed by atoms with van der Waals surface area (Å²) in [4.78, 5) is 12.5. The average Bonchev–Trinajstić information content (AvgIpc) is 3.75. The molecular formula is C29H22F6O4. The Morgan fingerprint density at radius 2 is 1.49 bits per heavy atom. The fraction of sp³-hybridized carbons (Fsp3) is 0.276. The Kier molecular flexibility index (Phi) is 7.26. The molecule has 1 heterocycles. The van der Waals surface area contributed by atoms with Crippen LogP contribution in [0.3, 0.4) is 0 Å². The Bertz CT molecular complexity index is 1500. The molecule has 3 aromatic rings. The van der Waals surface area contributed by atoms with Crippen LogP contribution >= 0.6 is 0 Å². The van der Waals surface area contributed by atoms with Crippen molar-refractivity contribution in [1.82, 2.24) is 0 Å². The van der Waals surface area contributed by atoms with E-state index < -0.39 is 75.9 Å². The van der Waals surface area contributed by atoms with Crippen LogP contribution in [-0.4, -0.2) is 17.7 Å². The average molecular weight is 548 g/mol. The number of benzene rings is 3. The summed E-state index contributed by atoms with van der Waals surface area (Å²) >= 11 is 0. The normalized spacial score (nSPS) is 19.4. The van der Waals surface area contributed by atoms with Crippen LogP contribution in [0, 0.1) is 34.9 Å². The minimum absolute atomic E-state index is 0.00521. The number of hydrogen-bond acceptors (Lipinski definition) is 4. The monoisotopic (exact) mass is 548 g/mol. The molecule has 0 saturated carbocycles. The zero-order chi connectivity index (χ0) is 28.0. The van der Waals surface area contributed by atoms with Gasteiger partial charge in [-0.1, -0.05) is 30.3 Å². The third-order valence-corrected chi connectivity index (χ3v) is 7.04. The van der Waals surface area contributed by atoms with Gasteiger partial charge in [0.15, 0.2) is 34.8 Å². The van der Waals surface area contributed by atoms with Crippen molar-refractivity contribution in [3.63, 3.8) is 0 Å². The molecule has 0 radical (unpaired) electrons. The predicted octanol–water partition coefficient (Wildman–Crippen LogP) is 7.11. The van der Waals surface area contributed by atoms with Crippen molar-refractivity contribution >= 4 is 5.97 Å². The van der Waals surface area contributed by atoms with Crippen molar-refractivity contribution in [2.45, 2.75) is 44.3 Å². The highest BCUT2D eigenvalue weighted by molar-refractivity contribution is 5.90. The number of allylic oxidation sites excluding steroid dienone is 1. The summed E-state index contributed by atoms with van der Waals surface area (Å²) in [5, 5.41) is 9.48. The molecule has 1 fully saturated rings. The van der Waals surface area contributed by atoms with E-state index in [0.717, 1.165) is 12.1 Å². The summed E-state index contributed by atoms with van der Waals surface area (Å²) in [6.07, 6.45) is 0.0742. The van der Waals surface area contributed by atoms with E-state index in [9.17, 15) is 27.5 Å². The van der Waals surface area contributed by atoms with Crippen molar-refractivity contribution in [1.29, 1.82) is 0 Å². The molecule has 0 spiro atoms. The molecule has 39 heavy (non-hydrogen) atoms. The molecule has 1 aliphatic heterocycles. The third-order valence-electron chi connectivity index (χ3n) is 7.04. The van der Waals surface area contributed by atoms with Gasteiger partial charge in [0.05, 0.1) is 12.7 Å². The summed E-state index contributed by atoms with van der Waals surface area (Å²) in [7, 11) is 0. The van der Waals surface area contributed by atoms with E-state index in [1.165, 1.54) is 37.3 Å².